The first-order valence-electron chi connectivity index (χ1n) is 6.54. The molecule has 1 aromatic carbocycles. The average molecular weight is 319 g/mol. The number of carbonyl (C=O) groups is 1. The third-order valence-electron chi connectivity index (χ3n) is 3.43. The molecule has 0 aliphatic heterocycles. The summed E-state index contributed by atoms with van der Waals surface area (Å²) in [6.07, 6.45) is 0.958. The van der Waals surface area contributed by atoms with E-state index in [1.165, 1.54) is 23.1 Å². The Kier molecular flexibility index (Phi) is 4.83. The number of nitrogens with zero attached hydrogens (tertiary/aromatic N) is 1. The van der Waals surface area contributed by atoms with Gasteiger partial charge in [-0.2, -0.15) is 13.2 Å². The van der Waals surface area contributed by atoms with Crippen molar-refractivity contribution in [3.63, 3.8) is 0 Å². The highest BCUT2D eigenvalue weighted by Crippen LogP contribution is 2.38. The summed E-state index contributed by atoms with van der Waals surface area (Å²) in [5.74, 6) is -0.208. The van der Waals surface area contributed by atoms with Crippen LogP contribution in [0.3, 0.4) is 0 Å². The molecule has 0 saturated heterocycles. The summed E-state index contributed by atoms with van der Waals surface area (Å²) < 4.78 is 37.5. The molecule has 116 valence electrons. The molecule has 0 aromatic heterocycles. The molecular formula is C14H16F3NO2S. The molecule has 0 bridgehead atoms. The maximum atomic E-state index is 12.5. The van der Waals surface area contributed by atoms with Crippen LogP contribution in [0.4, 0.5) is 13.2 Å². The van der Waals surface area contributed by atoms with E-state index in [-0.39, 0.29) is 34.2 Å². The number of amides is 1. The van der Waals surface area contributed by atoms with E-state index >= 15 is 0 Å². The molecule has 0 spiro atoms. The minimum absolute atomic E-state index is 0.0576. The van der Waals surface area contributed by atoms with E-state index in [4.69, 9.17) is 0 Å². The molecule has 7 heteroatoms. The van der Waals surface area contributed by atoms with Gasteiger partial charge in [-0.3, -0.25) is 4.79 Å². The molecule has 0 radical (unpaired) electrons. The topological polar surface area (TPSA) is 40.5 Å². The van der Waals surface area contributed by atoms with Crippen LogP contribution in [0.15, 0.2) is 29.2 Å². The fourth-order valence-electron chi connectivity index (χ4n) is 2.38. The number of alkyl halides is 3. The quantitative estimate of drug-likeness (QED) is 0.867. The highest BCUT2D eigenvalue weighted by molar-refractivity contribution is 8.00. The second kappa shape index (κ2) is 6.27. The smallest absolute Gasteiger partial charge is 0.393 e. The van der Waals surface area contributed by atoms with Crippen LogP contribution >= 0.6 is 11.8 Å². The number of benzene rings is 1. The van der Waals surface area contributed by atoms with Crippen LogP contribution in [0.1, 0.15) is 23.2 Å². The van der Waals surface area contributed by atoms with E-state index in [2.05, 4.69) is 0 Å². The van der Waals surface area contributed by atoms with Gasteiger partial charge in [-0.05, 0) is 42.7 Å². The molecule has 0 unspecified atom stereocenters. The summed E-state index contributed by atoms with van der Waals surface area (Å²) in [5, 5.41) is 9.23. The Labute approximate surface area is 125 Å². The molecule has 0 atom stereocenters. The molecule has 1 saturated carbocycles. The van der Waals surface area contributed by atoms with E-state index in [0.717, 1.165) is 0 Å². The number of halogens is 3. The fourth-order valence-corrected chi connectivity index (χ4v) is 3.04. The first-order chi connectivity index (χ1) is 9.76. The van der Waals surface area contributed by atoms with Crippen LogP contribution in [-0.2, 0) is 0 Å². The van der Waals surface area contributed by atoms with Crippen LogP contribution in [0.2, 0.25) is 0 Å². The second-order valence-corrected chi connectivity index (χ2v) is 6.33. The van der Waals surface area contributed by atoms with E-state index < -0.39 is 11.4 Å². The Hall–Kier alpha value is -1.21. The largest absolute Gasteiger partial charge is 0.446 e. The molecule has 2 rings (SSSR count). The summed E-state index contributed by atoms with van der Waals surface area (Å²) in [6, 6.07) is 5.73. The minimum atomic E-state index is -4.42. The van der Waals surface area contributed by atoms with Crippen molar-refractivity contribution in [2.45, 2.75) is 29.3 Å². The van der Waals surface area contributed by atoms with E-state index in [0.29, 0.717) is 19.4 Å². The van der Waals surface area contributed by atoms with Gasteiger partial charge in [0.15, 0.2) is 0 Å². The van der Waals surface area contributed by atoms with E-state index in [9.17, 15) is 23.1 Å². The Morgan fingerprint density at radius 1 is 1.38 bits per heavy atom. The SMILES string of the molecule is CN(CC1CC(O)C1)C(=O)c1ccccc1SC(F)(F)F. The number of aliphatic hydroxyl groups excluding tert-OH is 1. The number of hydrogen-bond donors (Lipinski definition) is 1. The predicted molar refractivity (Wildman–Crippen MR) is 74.0 cm³/mol. The van der Waals surface area contributed by atoms with Crippen LogP contribution < -0.4 is 0 Å². The van der Waals surface area contributed by atoms with Crippen molar-refractivity contribution in [2.24, 2.45) is 5.92 Å². The molecule has 1 fully saturated rings. The molecule has 1 N–H and O–H groups in total. The fraction of sp³-hybridized carbons (Fsp3) is 0.500. The zero-order valence-corrected chi connectivity index (χ0v) is 12.2. The summed E-state index contributed by atoms with van der Waals surface area (Å²) in [6.45, 7) is 0.445. The summed E-state index contributed by atoms with van der Waals surface area (Å²) in [4.78, 5) is 13.6. The van der Waals surface area contributed by atoms with Gasteiger partial charge < -0.3 is 10.0 Å². The van der Waals surface area contributed by atoms with Crippen LogP contribution in [0.25, 0.3) is 0 Å². The molecular weight excluding hydrogens is 303 g/mol. The van der Waals surface area contributed by atoms with Gasteiger partial charge in [0, 0.05) is 18.5 Å². The Balaban J connectivity index is 2.07. The van der Waals surface area contributed by atoms with Gasteiger partial charge in [0.05, 0.1) is 11.7 Å². The van der Waals surface area contributed by atoms with Crippen molar-refractivity contribution in [3.05, 3.63) is 29.8 Å². The lowest BCUT2D eigenvalue weighted by molar-refractivity contribution is -0.0328. The molecule has 3 nitrogen and oxygen atoms in total. The van der Waals surface area contributed by atoms with Crippen molar-refractivity contribution in [3.8, 4) is 0 Å². The summed E-state index contributed by atoms with van der Waals surface area (Å²) in [7, 11) is 1.57. The predicted octanol–water partition coefficient (Wildman–Crippen LogP) is 3.14. The highest BCUT2D eigenvalue weighted by atomic mass is 32.2. The van der Waals surface area contributed by atoms with Gasteiger partial charge in [-0.25, -0.2) is 0 Å². The van der Waals surface area contributed by atoms with E-state index in [1.54, 1.807) is 13.1 Å². The maximum absolute atomic E-state index is 12.5. The van der Waals surface area contributed by atoms with Gasteiger partial charge >= 0.3 is 5.51 Å². The van der Waals surface area contributed by atoms with Gasteiger partial charge in [0.25, 0.3) is 5.91 Å². The third-order valence-corrected chi connectivity index (χ3v) is 4.24. The lowest BCUT2D eigenvalue weighted by atomic mass is 9.82. The molecule has 1 aliphatic carbocycles. The number of aliphatic hydroxyl groups is 1. The molecule has 0 heterocycles. The highest BCUT2D eigenvalue weighted by Gasteiger charge is 2.33. The first-order valence-corrected chi connectivity index (χ1v) is 7.36. The molecule has 21 heavy (non-hydrogen) atoms. The van der Waals surface area contributed by atoms with Gasteiger partial charge in [-0.1, -0.05) is 12.1 Å². The van der Waals surface area contributed by atoms with Gasteiger partial charge in [0.2, 0.25) is 0 Å². The monoisotopic (exact) mass is 319 g/mol. The van der Waals surface area contributed by atoms with Crippen molar-refractivity contribution in [1.82, 2.24) is 4.90 Å². The van der Waals surface area contributed by atoms with Crippen LogP contribution in [0.5, 0.6) is 0 Å². The lowest BCUT2D eigenvalue weighted by Gasteiger charge is -2.34. The van der Waals surface area contributed by atoms with E-state index in [1.807, 2.05) is 0 Å². The van der Waals surface area contributed by atoms with Crippen molar-refractivity contribution in [1.29, 1.82) is 0 Å². The number of thioether (sulfide) groups is 1. The van der Waals surface area contributed by atoms with Crippen LogP contribution in [-0.4, -0.2) is 41.1 Å². The standard InChI is InChI=1S/C14H16F3NO2S/c1-18(8-9-6-10(19)7-9)13(20)11-4-2-3-5-12(11)21-14(15,16)17/h2-5,9-10,19H,6-8H2,1H3. The Morgan fingerprint density at radius 2 is 2.00 bits per heavy atom. The Morgan fingerprint density at radius 3 is 2.57 bits per heavy atom. The van der Waals surface area contributed by atoms with Gasteiger partial charge in [-0.15, -0.1) is 0 Å². The average Bonchev–Trinajstić information content (AvgIpc) is 2.34. The number of hydrogen-bond acceptors (Lipinski definition) is 3. The molecule has 1 aromatic rings. The second-order valence-electron chi connectivity index (χ2n) is 5.22. The summed E-state index contributed by atoms with van der Waals surface area (Å²) >= 11 is -0.275. The Bertz CT molecular complexity index is 515. The third kappa shape index (κ3) is 4.38. The molecule has 1 amide bonds. The normalized spacial score (nSPS) is 21.8. The zero-order valence-electron chi connectivity index (χ0n) is 11.4. The summed E-state index contributed by atoms with van der Waals surface area (Å²) in [5.41, 5.74) is -4.37. The van der Waals surface area contributed by atoms with Crippen molar-refractivity contribution < 1.29 is 23.1 Å². The number of carbonyl (C=O) groups excluding carboxylic acids is 1. The maximum Gasteiger partial charge on any atom is 0.446 e. The zero-order chi connectivity index (χ0) is 15.6. The minimum Gasteiger partial charge on any atom is -0.393 e. The lowest BCUT2D eigenvalue weighted by Crippen LogP contribution is -2.39. The van der Waals surface area contributed by atoms with Gasteiger partial charge in [0.1, 0.15) is 0 Å². The number of rotatable bonds is 4. The first kappa shape index (κ1) is 16.2. The molecule has 1 aliphatic rings. The van der Waals surface area contributed by atoms with Crippen LogP contribution in [0, 0.1) is 5.92 Å². The van der Waals surface area contributed by atoms with Crippen molar-refractivity contribution in [2.75, 3.05) is 13.6 Å². The van der Waals surface area contributed by atoms with Crippen molar-refractivity contribution >= 4 is 17.7 Å².